The number of ether oxygens (including phenoxy) is 1. The topological polar surface area (TPSA) is 75.7 Å². The van der Waals surface area contributed by atoms with E-state index < -0.39 is 45.3 Å². The number of anilines is 1. The Bertz CT molecular complexity index is 780. The molecule has 1 heterocycles. The van der Waals surface area contributed by atoms with E-state index in [0.717, 1.165) is 23.2 Å². The fourth-order valence-electron chi connectivity index (χ4n) is 2.62. The molecular formula is C16H20ClF3N2O4S. The van der Waals surface area contributed by atoms with Gasteiger partial charge in [0.2, 0.25) is 15.9 Å². The Kier molecular flexibility index (Phi) is 7.12. The fourth-order valence-corrected chi connectivity index (χ4v) is 4.15. The van der Waals surface area contributed by atoms with Gasteiger partial charge in [-0.1, -0.05) is 11.6 Å². The number of hydrogen-bond donors (Lipinski definition) is 1. The summed E-state index contributed by atoms with van der Waals surface area (Å²) in [6.45, 7) is -0.0263. The van der Waals surface area contributed by atoms with Gasteiger partial charge in [-0.2, -0.15) is 17.5 Å². The third kappa shape index (κ3) is 6.34. The van der Waals surface area contributed by atoms with Crippen molar-refractivity contribution < 1.29 is 31.1 Å². The number of alkyl halides is 3. The number of halogens is 4. The Labute approximate surface area is 160 Å². The Morgan fingerprint density at radius 3 is 2.67 bits per heavy atom. The van der Waals surface area contributed by atoms with E-state index in [1.807, 2.05) is 0 Å². The van der Waals surface area contributed by atoms with E-state index in [0.29, 0.717) is 19.1 Å². The maximum Gasteiger partial charge on any atom is 0.417 e. The molecule has 1 aromatic carbocycles. The lowest BCUT2D eigenvalue weighted by atomic mass is 10.1. The molecule has 1 N–H and O–H groups in total. The van der Waals surface area contributed by atoms with Crippen molar-refractivity contribution in [3.8, 4) is 0 Å². The second-order valence-corrected chi connectivity index (χ2v) is 8.79. The van der Waals surface area contributed by atoms with Crippen LogP contribution in [0, 0.1) is 0 Å². The van der Waals surface area contributed by atoms with E-state index in [1.165, 1.54) is 13.1 Å². The molecule has 0 radical (unpaired) electrons. The SMILES string of the molecule is CN(CC(=O)Nc1ccc(Cl)c(C(F)(F)F)c1)S(=O)(=O)CC1CCCCO1. The number of likely N-dealkylation sites (N-methyl/N-ethyl adjacent to an activating group) is 1. The molecule has 1 aliphatic rings. The molecule has 1 aliphatic heterocycles. The Hall–Kier alpha value is -1.36. The number of nitrogens with one attached hydrogen (secondary N) is 1. The summed E-state index contributed by atoms with van der Waals surface area (Å²) in [5.41, 5.74) is -1.21. The molecule has 2 rings (SSSR count). The summed E-state index contributed by atoms with van der Waals surface area (Å²) in [5, 5.41) is 1.76. The van der Waals surface area contributed by atoms with Crippen molar-refractivity contribution in [3.63, 3.8) is 0 Å². The maximum absolute atomic E-state index is 12.9. The molecule has 6 nitrogen and oxygen atoms in total. The van der Waals surface area contributed by atoms with Gasteiger partial charge >= 0.3 is 6.18 Å². The summed E-state index contributed by atoms with van der Waals surface area (Å²) in [7, 11) is -2.50. The number of sulfonamides is 1. The molecule has 0 bridgehead atoms. The van der Waals surface area contributed by atoms with Crippen LogP contribution in [0.1, 0.15) is 24.8 Å². The predicted molar refractivity (Wildman–Crippen MR) is 95.1 cm³/mol. The summed E-state index contributed by atoms with van der Waals surface area (Å²) in [4.78, 5) is 12.0. The van der Waals surface area contributed by atoms with E-state index in [4.69, 9.17) is 16.3 Å². The van der Waals surface area contributed by atoms with Crippen LogP contribution in [0.5, 0.6) is 0 Å². The van der Waals surface area contributed by atoms with Crippen LogP contribution in [0.3, 0.4) is 0 Å². The molecular weight excluding hydrogens is 409 g/mol. The van der Waals surface area contributed by atoms with Gasteiger partial charge in [0.15, 0.2) is 0 Å². The van der Waals surface area contributed by atoms with Gasteiger partial charge in [-0.3, -0.25) is 4.79 Å². The highest BCUT2D eigenvalue weighted by molar-refractivity contribution is 7.89. The highest BCUT2D eigenvalue weighted by atomic mass is 35.5. The fraction of sp³-hybridized carbons (Fsp3) is 0.562. The average molecular weight is 429 g/mol. The third-order valence-electron chi connectivity index (χ3n) is 4.07. The molecule has 1 aromatic rings. The first kappa shape index (κ1) is 21.9. The van der Waals surface area contributed by atoms with Crippen molar-refractivity contribution in [1.82, 2.24) is 4.31 Å². The zero-order valence-electron chi connectivity index (χ0n) is 14.6. The Balaban J connectivity index is 1.98. The lowest BCUT2D eigenvalue weighted by Gasteiger charge is -2.25. The molecule has 11 heteroatoms. The van der Waals surface area contributed by atoms with Gasteiger partial charge in [0.25, 0.3) is 0 Å². The zero-order chi connectivity index (χ0) is 20.2. The van der Waals surface area contributed by atoms with Crippen LogP contribution < -0.4 is 5.32 Å². The van der Waals surface area contributed by atoms with Crippen LogP contribution in [-0.2, 0) is 25.7 Å². The van der Waals surface area contributed by atoms with E-state index >= 15 is 0 Å². The van der Waals surface area contributed by atoms with Crippen molar-refractivity contribution in [1.29, 1.82) is 0 Å². The van der Waals surface area contributed by atoms with Crippen molar-refractivity contribution in [2.75, 3.05) is 31.3 Å². The van der Waals surface area contributed by atoms with Gasteiger partial charge in [-0.25, -0.2) is 8.42 Å². The van der Waals surface area contributed by atoms with Gasteiger partial charge in [0.05, 0.1) is 29.0 Å². The normalized spacial score (nSPS) is 18.5. The molecule has 0 spiro atoms. The molecule has 1 saturated heterocycles. The molecule has 152 valence electrons. The van der Waals surface area contributed by atoms with Gasteiger partial charge in [0.1, 0.15) is 0 Å². The minimum atomic E-state index is -4.67. The number of hydrogen-bond acceptors (Lipinski definition) is 4. The number of rotatable bonds is 6. The first-order chi connectivity index (χ1) is 12.5. The van der Waals surface area contributed by atoms with Crippen molar-refractivity contribution >= 4 is 33.2 Å². The highest BCUT2D eigenvalue weighted by Crippen LogP contribution is 2.36. The minimum Gasteiger partial charge on any atom is -0.377 e. The largest absolute Gasteiger partial charge is 0.417 e. The lowest BCUT2D eigenvalue weighted by Crippen LogP contribution is -2.40. The van der Waals surface area contributed by atoms with Gasteiger partial charge in [0, 0.05) is 19.3 Å². The second-order valence-electron chi connectivity index (χ2n) is 6.26. The van der Waals surface area contributed by atoms with Crippen LogP contribution >= 0.6 is 11.6 Å². The maximum atomic E-state index is 12.9. The first-order valence-electron chi connectivity index (χ1n) is 8.21. The summed E-state index contributed by atoms with van der Waals surface area (Å²) in [6.07, 6.45) is -2.69. The van der Waals surface area contributed by atoms with Crippen molar-refractivity contribution in [2.24, 2.45) is 0 Å². The van der Waals surface area contributed by atoms with Crippen molar-refractivity contribution in [2.45, 2.75) is 31.5 Å². The van der Waals surface area contributed by atoms with Crippen LogP contribution in [0.15, 0.2) is 18.2 Å². The Morgan fingerprint density at radius 2 is 2.07 bits per heavy atom. The van der Waals surface area contributed by atoms with Crippen molar-refractivity contribution in [3.05, 3.63) is 28.8 Å². The van der Waals surface area contributed by atoms with E-state index in [1.54, 1.807) is 0 Å². The molecule has 27 heavy (non-hydrogen) atoms. The molecule has 1 amide bonds. The highest BCUT2D eigenvalue weighted by Gasteiger charge is 2.33. The molecule has 0 aromatic heterocycles. The van der Waals surface area contributed by atoms with Gasteiger partial charge in [-0.05, 0) is 37.5 Å². The monoisotopic (exact) mass is 428 g/mol. The average Bonchev–Trinajstić information content (AvgIpc) is 2.56. The molecule has 1 atom stereocenters. The quantitative estimate of drug-likeness (QED) is 0.755. The van der Waals surface area contributed by atoms with Gasteiger partial charge in [-0.15, -0.1) is 0 Å². The summed E-state index contributed by atoms with van der Waals surface area (Å²) >= 11 is 5.52. The third-order valence-corrected chi connectivity index (χ3v) is 6.27. The van der Waals surface area contributed by atoms with E-state index in [2.05, 4.69) is 5.32 Å². The summed E-state index contributed by atoms with van der Waals surface area (Å²) in [5.74, 6) is -1.00. The van der Waals surface area contributed by atoms with Gasteiger partial charge < -0.3 is 10.1 Å². The van der Waals surface area contributed by atoms with Crippen LogP contribution in [0.25, 0.3) is 0 Å². The lowest BCUT2D eigenvalue weighted by molar-refractivity contribution is -0.137. The number of carbonyl (C=O) groups excluding carboxylic acids is 1. The number of amides is 1. The first-order valence-corrected chi connectivity index (χ1v) is 10.2. The summed E-state index contributed by atoms with van der Waals surface area (Å²) in [6, 6.07) is 2.92. The van der Waals surface area contributed by atoms with Crippen LogP contribution in [-0.4, -0.2) is 50.7 Å². The molecule has 1 unspecified atom stereocenters. The number of carbonyl (C=O) groups is 1. The van der Waals surface area contributed by atoms with Crippen LogP contribution in [0.4, 0.5) is 18.9 Å². The summed E-state index contributed by atoms with van der Waals surface area (Å²) < 4.78 is 69.5. The molecule has 0 saturated carbocycles. The predicted octanol–water partition coefficient (Wildman–Crippen LogP) is 3.13. The number of benzene rings is 1. The smallest absolute Gasteiger partial charge is 0.377 e. The standard InChI is InChI=1S/C16H20ClF3N2O4S/c1-22(27(24,25)10-12-4-2-3-7-26-12)9-15(23)21-11-5-6-14(17)13(8-11)16(18,19)20/h5-6,8,12H,2-4,7,9-10H2,1H3,(H,21,23). The Morgan fingerprint density at radius 1 is 1.37 bits per heavy atom. The van der Waals surface area contributed by atoms with E-state index in [-0.39, 0.29) is 11.4 Å². The zero-order valence-corrected chi connectivity index (χ0v) is 16.1. The molecule has 0 aliphatic carbocycles. The molecule has 1 fully saturated rings. The number of nitrogens with zero attached hydrogens (tertiary/aromatic N) is 1. The van der Waals surface area contributed by atoms with Crippen LogP contribution in [0.2, 0.25) is 5.02 Å². The minimum absolute atomic E-state index is 0.127. The van der Waals surface area contributed by atoms with E-state index in [9.17, 15) is 26.4 Å². The second kappa shape index (κ2) is 8.76.